The van der Waals surface area contributed by atoms with Gasteiger partial charge in [0.1, 0.15) is 0 Å². The quantitative estimate of drug-likeness (QED) is 0.732. The smallest absolute Gasteiger partial charge is 0.251 e. The number of benzene rings is 2. The van der Waals surface area contributed by atoms with Gasteiger partial charge in [0.05, 0.1) is 0 Å². The Kier molecular flexibility index (Phi) is 7.48. The summed E-state index contributed by atoms with van der Waals surface area (Å²) in [5.74, 6) is -0.125. The number of carbonyl (C=O) groups excluding carboxylic acids is 2. The molecule has 0 bridgehead atoms. The molecule has 0 aliphatic heterocycles. The molecular formula is C20H23ClN2O2. The zero-order valence-electron chi connectivity index (χ0n) is 14.3. The van der Waals surface area contributed by atoms with E-state index in [4.69, 9.17) is 11.6 Å². The average Bonchev–Trinajstić information content (AvgIpc) is 2.62. The summed E-state index contributed by atoms with van der Waals surface area (Å²) < 4.78 is 0. The predicted molar refractivity (Wildman–Crippen MR) is 102 cm³/mol. The van der Waals surface area contributed by atoms with Crippen LogP contribution in [0.1, 0.15) is 42.1 Å². The number of nitrogens with one attached hydrogen (secondary N) is 2. The lowest BCUT2D eigenvalue weighted by molar-refractivity contribution is -0.116. The maximum absolute atomic E-state index is 12.0. The molecule has 0 unspecified atom stereocenters. The van der Waals surface area contributed by atoms with Crippen molar-refractivity contribution in [2.24, 2.45) is 0 Å². The summed E-state index contributed by atoms with van der Waals surface area (Å²) in [5.41, 5.74) is 2.46. The van der Waals surface area contributed by atoms with Gasteiger partial charge in [-0.15, -0.1) is 0 Å². The molecule has 2 aromatic carbocycles. The number of halogens is 1. The van der Waals surface area contributed by atoms with E-state index in [1.165, 1.54) is 5.56 Å². The number of hydrogen-bond acceptors (Lipinski definition) is 2. The molecule has 2 amide bonds. The Balaban J connectivity index is 1.76. The summed E-state index contributed by atoms with van der Waals surface area (Å²) in [6.45, 7) is 2.66. The van der Waals surface area contributed by atoms with Crippen LogP contribution >= 0.6 is 11.6 Å². The molecule has 0 aliphatic carbocycles. The third-order valence-corrected chi connectivity index (χ3v) is 4.00. The van der Waals surface area contributed by atoms with Crippen molar-refractivity contribution in [2.75, 3.05) is 11.9 Å². The Morgan fingerprint density at radius 3 is 2.32 bits per heavy atom. The van der Waals surface area contributed by atoms with Crippen LogP contribution < -0.4 is 10.6 Å². The van der Waals surface area contributed by atoms with Crippen molar-refractivity contribution in [3.63, 3.8) is 0 Å². The van der Waals surface area contributed by atoms with Crippen molar-refractivity contribution in [3.05, 3.63) is 64.7 Å². The molecule has 0 heterocycles. The highest BCUT2D eigenvalue weighted by atomic mass is 35.5. The van der Waals surface area contributed by atoms with Gasteiger partial charge in [-0.05, 0) is 61.2 Å². The summed E-state index contributed by atoms with van der Waals surface area (Å²) in [5, 5.41) is 6.39. The van der Waals surface area contributed by atoms with Crippen molar-refractivity contribution < 1.29 is 9.59 Å². The van der Waals surface area contributed by atoms with Gasteiger partial charge in [-0.1, -0.05) is 30.7 Å². The number of aryl methyl sites for hydroxylation is 1. The second kappa shape index (κ2) is 9.84. The average molecular weight is 359 g/mol. The molecule has 2 aromatic rings. The van der Waals surface area contributed by atoms with Gasteiger partial charge in [0.25, 0.3) is 5.91 Å². The molecule has 2 rings (SSSR count). The molecule has 4 nitrogen and oxygen atoms in total. The second-order valence-corrected chi connectivity index (χ2v) is 6.30. The molecule has 0 saturated heterocycles. The first-order valence-electron chi connectivity index (χ1n) is 8.51. The summed E-state index contributed by atoms with van der Waals surface area (Å²) in [4.78, 5) is 23.8. The zero-order valence-corrected chi connectivity index (χ0v) is 15.1. The van der Waals surface area contributed by atoms with Crippen LogP contribution in [0.25, 0.3) is 0 Å². The van der Waals surface area contributed by atoms with E-state index >= 15 is 0 Å². The summed E-state index contributed by atoms with van der Waals surface area (Å²) in [6, 6.07) is 14.6. The van der Waals surface area contributed by atoms with Gasteiger partial charge in [-0.3, -0.25) is 9.59 Å². The lowest BCUT2D eigenvalue weighted by atomic mass is 10.1. The monoisotopic (exact) mass is 358 g/mol. The Morgan fingerprint density at radius 2 is 1.68 bits per heavy atom. The van der Waals surface area contributed by atoms with E-state index in [-0.39, 0.29) is 11.8 Å². The normalized spacial score (nSPS) is 10.3. The van der Waals surface area contributed by atoms with Crippen LogP contribution in [-0.4, -0.2) is 18.4 Å². The lowest BCUT2D eigenvalue weighted by Crippen LogP contribution is -2.23. The van der Waals surface area contributed by atoms with Gasteiger partial charge in [-0.2, -0.15) is 0 Å². The molecule has 0 radical (unpaired) electrons. The van der Waals surface area contributed by atoms with Crippen LogP contribution in [0.2, 0.25) is 5.02 Å². The van der Waals surface area contributed by atoms with Gasteiger partial charge >= 0.3 is 0 Å². The minimum absolute atomic E-state index is 0.0304. The van der Waals surface area contributed by atoms with E-state index < -0.39 is 0 Å². The van der Waals surface area contributed by atoms with E-state index in [9.17, 15) is 9.59 Å². The van der Waals surface area contributed by atoms with Crippen molar-refractivity contribution in [3.8, 4) is 0 Å². The highest BCUT2D eigenvalue weighted by Crippen LogP contribution is 2.13. The Labute approximate surface area is 153 Å². The van der Waals surface area contributed by atoms with Crippen molar-refractivity contribution in [1.82, 2.24) is 5.32 Å². The number of hydrogen-bond donors (Lipinski definition) is 2. The van der Waals surface area contributed by atoms with Gasteiger partial charge in [0.15, 0.2) is 0 Å². The fourth-order valence-electron chi connectivity index (χ4n) is 2.37. The van der Waals surface area contributed by atoms with E-state index in [0.717, 1.165) is 19.3 Å². The Morgan fingerprint density at radius 1 is 1.00 bits per heavy atom. The molecule has 25 heavy (non-hydrogen) atoms. The number of rotatable bonds is 8. The number of amides is 2. The molecule has 0 spiro atoms. The van der Waals surface area contributed by atoms with E-state index in [2.05, 4.69) is 10.6 Å². The summed E-state index contributed by atoms with van der Waals surface area (Å²) >= 11 is 5.85. The molecule has 0 aliphatic rings. The zero-order chi connectivity index (χ0) is 18.1. The van der Waals surface area contributed by atoms with Crippen LogP contribution in [0.5, 0.6) is 0 Å². The summed E-state index contributed by atoms with van der Waals surface area (Å²) in [6.07, 6.45) is 2.95. The molecule has 5 heteroatoms. The van der Waals surface area contributed by atoms with E-state index in [1.54, 1.807) is 24.3 Å². The maximum atomic E-state index is 12.0. The fraction of sp³-hybridized carbons (Fsp3) is 0.300. The molecule has 0 fully saturated rings. The van der Waals surface area contributed by atoms with Crippen LogP contribution in [0.3, 0.4) is 0 Å². The van der Waals surface area contributed by atoms with Crippen molar-refractivity contribution >= 4 is 29.1 Å². The first-order valence-corrected chi connectivity index (χ1v) is 8.89. The highest BCUT2D eigenvalue weighted by molar-refractivity contribution is 6.30. The molecule has 132 valence electrons. The topological polar surface area (TPSA) is 58.2 Å². The number of carbonyl (C=O) groups is 2. The van der Waals surface area contributed by atoms with Crippen LogP contribution in [-0.2, 0) is 11.2 Å². The van der Waals surface area contributed by atoms with Crippen LogP contribution in [0.15, 0.2) is 48.5 Å². The lowest BCUT2D eigenvalue weighted by Gasteiger charge is -2.07. The van der Waals surface area contributed by atoms with E-state index in [0.29, 0.717) is 29.2 Å². The predicted octanol–water partition coefficient (Wildman–Crippen LogP) is 4.44. The van der Waals surface area contributed by atoms with Crippen LogP contribution in [0, 0.1) is 0 Å². The van der Waals surface area contributed by atoms with Crippen LogP contribution in [0.4, 0.5) is 5.69 Å². The van der Waals surface area contributed by atoms with Gasteiger partial charge in [-0.25, -0.2) is 0 Å². The second-order valence-electron chi connectivity index (χ2n) is 5.86. The van der Waals surface area contributed by atoms with Crippen molar-refractivity contribution in [2.45, 2.75) is 32.6 Å². The van der Waals surface area contributed by atoms with Crippen molar-refractivity contribution in [1.29, 1.82) is 0 Å². The SMILES string of the molecule is CCCNC(=O)c1ccc(NC(=O)CCCc2ccc(Cl)cc2)cc1. The fourth-order valence-corrected chi connectivity index (χ4v) is 2.50. The molecule has 0 aromatic heterocycles. The number of anilines is 1. The Bertz CT molecular complexity index is 697. The summed E-state index contributed by atoms with van der Waals surface area (Å²) in [7, 11) is 0. The molecule has 0 atom stereocenters. The first kappa shape index (κ1) is 19.0. The third kappa shape index (κ3) is 6.59. The highest BCUT2D eigenvalue weighted by Gasteiger charge is 2.06. The molecule has 2 N–H and O–H groups in total. The Hall–Kier alpha value is -2.33. The standard InChI is InChI=1S/C20H23ClN2O2/c1-2-14-22-20(25)16-8-12-18(13-9-16)23-19(24)5-3-4-15-6-10-17(21)11-7-15/h6-13H,2-5,14H2,1H3,(H,22,25)(H,23,24). The maximum Gasteiger partial charge on any atom is 0.251 e. The minimum atomic E-state index is -0.0947. The molecular weight excluding hydrogens is 336 g/mol. The first-order chi connectivity index (χ1) is 12.1. The largest absolute Gasteiger partial charge is 0.352 e. The van der Waals surface area contributed by atoms with Gasteiger partial charge in [0.2, 0.25) is 5.91 Å². The van der Waals surface area contributed by atoms with Gasteiger partial charge < -0.3 is 10.6 Å². The third-order valence-electron chi connectivity index (χ3n) is 3.75. The van der Waals surface area contributed by atoms with E-state index in [1.807, 2.05) is 31.2 Å². The minimum Gasteiger partial charge on any atom is -0.352 e. The molecule has 0 saturated carbocycles. The van der Waals surface area contributed by atoms with Gasteiger partial charge in [0, 0.05) is 29.2 Å².